The van der Waals surface area contributed by atoms with E-state index in [9.17, 15) is 4.79 Å². The smallest absolute Gasteiger partial charge is 0.250 e. The number of nitrogens with zero attached hydrogens (tertiary/aromatic N) is 2. The van der Waals surface area contributed by atoms with E-state index in [0.717, 1.165) is 11.1 Å². The van der Waals surface area contributed by atoms with Crippen molar-refractivity contribution in [3.05, 3.63) is 107 Å². The third-order valence-corrected chi connectivity index (χ3v) is 5.17. The van der Waals surface area contributed by atoms with Crippen molar-refractivity contribution in [3.8, 4) is 0 Å². The van der Waals surface area contributed by atoms with E-state index >= 15 is 0 Å². The number of hydrazine groups is 1. The SMILES string of the molecule is Nc1c(NNC(=O)C(c2ccccc2)c2ccccc2)ncnc1Nc1ccccc1Cl. The van der Waals surface area contributed by atoms with Gasteiger partial charge in [0, 0.05) is 0 Å². The van der Waals surface area contributed by atoms with Crippen LogP contribution in [-0.2, 0) is 4.79 Å². The molecule has 0 saturated carbocycles. The van der Waals surface area contributed by atoms with Gasteiger partial charge in [-0.05, 0) is 23.3 Å². The second-order valence-electron chi connectivity index (χ2n) is 6.96. The maximum absolute atomic E-state index is 13.2. The van der Waals surface area contributed by atoms with Crippen molar-refractivity contribution >= 4 is 40.5 Å². The lowest BCUT2D eigenvalue weighted by Crippen LogP contribution is -2.35. The van der Waals surface area contributed by atoms with E-state index in [1.165, 1.54) is 6.33 Å². The first kappa shape index (κ1) is 21.1. The number of carbonyl (C=O) groups excluding carboxylic acids is 1. The van der Waals surface area contributed by atoms with Gasteiger partial charge in [-0.15, -0.1) is 0 Å². The van der Waals surface area contributed by atoms with E-state index in [4.69, 9.17) is 17.3 Å². The summed E-state index contributed by atoms with van der Waals surface area (Å²) in [5.41, 5.74) is 14.4. The molecule has 0 fully saturated rings. The number of nitrogens with one attached hydrogen (secondary N) is 3. The van der Waals surface area contributed by atoms with Gasteiger partial charge in [-0.25, -0.2) is 9.97 Å². The standard InChI is InChI=1S/C24H21ClN6O/c25-18-13-7-8-14-19(18)29-22-21(26)23(28-15-27-22)30-31-24(32)20(16-9-3-1-4-10-16)17-11-5-2-6-12-17/h1-15,20H,26H2,(H,31,32)(H2,27,28,29,30). The fourth-order valence-corrected chi connectivity index (χ4v) is 3.45. The minimum absolute atomic E-state index is 0.240. The van der Waals surface area contributed by atoms with E-state index in [2.05, 4.69) is 26.1 Å². The summed E-state index contributed by atoms with van der Waals surface area (Å²) in [6.45, 7) is 0. The lowest BCUT2D eigenvalue weighted by molar-refractivity contribution is -0.121. The summed E-state index contributed by atoms with van der Waals surface area (Å²) >= 11 is 6.20. The van der Waals surface area contributed by atoms with Gasteiger partial charge < -0.3 is 11.1 Å². The Balaban J connectivity index is 1.53. The number of benzene rings is 3. The highest BCUT2D eigenvalue weighted by molar-refractivity contribution is 6.33. The second kappa shape index (κ2) is 9.80. The van der Waals surface area contributed by atoms with Crippen LogP contribution < -0.4 is 21.9 Å². The molecule has 0 aliphatic carbocycles. The second-order valence-corrected chi connectivity index (χ2v) is 7.37. The molecule has 7 nitrogen and oxygen atoms in total. The van der Waals surface area contributed by atoms with Gasteiger partial charge in [0.25, 0.3) is 0 Å². The molecule has 0 aliphatic heterocycles. The first-order valence-electron chi connectivity index (χ1n) is 9.91. The zero-order valence-electron chi connectivity index (χ0n) is 17.0. The van der Waals surface area contributed by atoms with E-state index < -0.39 is 5.92 Å². The Morgan fingerprint density at radius 1 is 0.812 bits per heavy atom. The molecule has 0 radical (unpaired) electrons. The first-order valence-corrected chi connectivity index (χ1v) is 10.3. The highest BCUT2D eigenvalue weighted by Crippen LogP contribution is 2.29. The lowest BCUT2D eigenvalue weighted by Gasteiger charge is -2.19. The average Bonchev–Trinajstić information content (AvgIpc) is 2.82. The zero-order valence-corrected chi connectivity index (χ0v) is 17.8. The van der Waals surface area contributed by atoms with E-state index in [0.29, 0.717) is 16.5 Å². The molecular formula is C24H21ClN6O. The average molecular weight is 445 g/mol. The van der Waals surface area contributed by atoms with Crippen molar-refractivity contribution in [3.63, 3.8) is 0 Å². The Bertz CT molecular complexity index is 1160. The summed E-state index contributed by atoms with van der Waals surface area (Å²) in [6, 6.07) is 26.4. The van der Waals surface area contributed by atoms with Crippen LogP contribution in [0.4, 0.5) is 23.0 Å². The Morgan fingerprint density at radius 2 is 1.38 bits per heavy atom. The number of anilines is 4. The van der Waals surface area contributed by atoms with Crippen LogP contribution in [0.15, 0.2) is 91.3 Å². The number of hydrogen-bond donors (Lipinski definition) is 4. The molecule has 0 atom stereocenters. The number of para-hydroxylation sites is 1. The van der Waals surface area contributed by atoms with Gasteiger partial charge in [-0.2, -0.15) is 0 Å². The lowest BCUT2D eigenvalue weighted by atomic mass is 9.91. The van der Waals surface area contributed by atoms with Gasteiger partial charge in [0.1, 0.15) is 12.0 Å². The number of carbonyl (C=O) groups is 1. The van der Waals surface area contributed by atoms with Crippen LogP contribution in [0.25, 0.3) is 0 Å². The summed E-state index contributed by atoms with van der Waals surface area (Å²) in [5.74, 6) is -0.120. The zero-order chi connectivity index (χ0) is 22.3. The van der Waals surface area contributed by atoms with Crippen LogP contribution in [-0.4, -0.2) is 15.9 Å². The number of halogens is 1. The molecule has 3 aromatic carbocycles. The fourth-order valence-electron chi connectivity index (χ4n) is 3.26. The third kappa shape index (κ3) is 4.79. The maximum atomic E-state index is 13.2. The van der Waals surface area contributed by atoms with Crippen LogP contribution in [0, 0.1) is 0 Å². The Hall–Kier alpha value is -4.10. The summed E-state index contributed by atoms with van der Waals surface area (Å²) < 4.78 is 0. The largest absolute Gasteiger partial charge is 0.393 e. The molecular weight excluding hydrogens is 424 g/mol. The van der Waals surface area contributed by atoms with Crippen LogP contribution in [0.1, 0.15) is 17.0 Å². The normalized spacial score (nSPS) is 10.6. The van der Waals surface area contributed by atoms with E-state index in [-0.39, 0.29) is 17.4 Å². The van der Waals surface area contributed by atoms with Crippen molar-refractivity contribution in [1.82, 2.24) is 15.4 Å². The van der Waals surface area contributed by atoms with Gasteiger partial charge in [-0.3, -0.25) is 15.6 Å². The van der Waals surface area contributed by atoms with Gasteiger partial charge in [0.15, 0.2) is 11.6 Å². The Kier molecular flexibility index (Phi) is 6.48. The molecule has 0 saturated heterocycles. The fraction of sp³-hybridized carbons (Fsp3) is 0.0417. The van der Waals surface area contributed by atoms with Crippen LogP contribution in [0.3, 0.4) is 0 Å². The topological polar surface area (TPSA) is 105 Å². The van der Waals surface area contributed by atoms with Crippen LogP contribution in [0.2, 0.25) is 5.02 Å². The van der Waals surface area contributed by atoms with Crippen molar-refractivity contribution < 1.29 is 4.79 Å². The Labute approximate surface area is 190 Å². The number of nitrogens with two attached hydrogens (primary N) is 1. The molecule has 4 rings (SSSR count). The van der Waals surface area contributed by atoms with Crippen molar-refractivity contribution in [2.45, 2.75) is 5.92 Å². The molecule has 1 amide bonds. The Morgan fingerprint density at radius 3 is 2.00 bits per heavy atom. The third-order valence-electron chi connectivity index (χ3n) is 4.84. The molecule has 32 heavy (non-hydrogen) atoms. The number of hydrogen-bond acceptors (Lipinski definition) is 6. The number of nitrogen functional groups attached to an aromatic ring is 1. The minimum Gasteiger partial charge on any atom is -0.393 e. The van der Waals surface area contributed by atoms with Crippen molar-refractivity contribution in [1.29, 1.82) is 0 Å². The van der Waals surface area contributed by atoms with Crippen molar-refractivity contribution in [2.24, 2.45) is 0 Å². The molecule has 0 spiro atoms. The molecule has 160 valence electrons. The minimum atomic E-state index is -0.506. The predicted molar refractivity (Wildman–Crippen MR) is 128 cm³/mol. The summed E-state index contributed by atoms with van der Waals surface area (Å²) in [4.78, 5) is 21.5. The summed E-state index contributed by atoms with van der Waals surface area (Å²) in [7, 11) is 0. The first-order chi connectivity index (χ1) is 15.6. The summed E-state index contributed by atoms with van der Waals surface area (Å²) in [6.07, 6.45) is 1.34. The molecule has 4 aromatic rings. The quantitative estimate of drug-likeness (QED) is 0.307. The van der Waals surface area contributed by atoms with E-state index in [1.54, 1.807) is 6.07 Å². The molecule has 0 aliphatic rings. The van der Waals surface area contributed by atoms with E-state index in [1.807, 2.05) is 78.9 Å². The number of amides is 1. The highest BCUT2D eigenvalue weighted by Gasteiger charge is 2.23. The molecule has 5 N–H and O–H groups in total. The van der Waals surface area contributed by atoms with Gasteiger partial charge in [-0.1, -0.05) is 84.4 Å². The number of rotatable bonds is 7. The monoisotopic (exact) mass is 444 g/mol. The highest BCUT2D eigenvalue weighted by atomic mass is 35.5. The van der Waals surface area contributed by atoms with Gasteiger partial charge >= 0.3 is 0 Å². The summed E-state index contributed by atoms with van der Waals surface area (Å²) in [5, 5.41) is 3.61. The molecule has 0 unspecified atom stereocenters. The molecule has 1 aromatic heterocycles. The number of aromatic nitrogens is 2. The molecule has 0 bridgehead atoms. The van der Waals surface area contributed by atoms with Crippen LogP contribution >= 0.6 is 11.6 Å². The maximum Gasteiger partial charge on any atom is 0.250 e. The van der Waals surface area contributed by atoms with Gasteiger partial charge in [0.05, 0.1) is 16.6 Å². The predicted octanol–water partition coefficient (Wildman–Crippen LogP) is 4.73. The van der Waals surface area contributed by atoms with Crippen molar-refractivity contribution in [2.75, 3.05) is 16.5 Å². The van der Waals surface area contributed by atoms with Gasteiger partial charge in [0.2, 0.25) is 5.91 Å². The molecule has 8 heteroatoms. The van der Waals surface area contributed by atoms with Crippen LogP contribution in [0.5, 0.6) is 0 Å². The molecule has 1 heterocycles.